The van der Waals surface area contributed by atoms with Crippen LogP contribution >= 0.6 is 0 Å². The van der Waals surface area contributed by atoms with Crippen LogP contribution in [0.25, 0.3) is 0 Å². The highest BCUT2D eigenvalue weighted by Crippen LogP contribution is 2.27. The highest BCUT2D eigenvalue weighted by atomic mass is 19.1. The molecule has 0 spiro atoms. The topological polar surface area (TPSA) is 15.3 Å². The molecule has 1 saturated heterocycles. The predicted molar refractivity (Wildman–Crippen MR) is 77.6 cm³/mol. The number of benzene rings is 1. The van der Waals surface area contributed by atoms with Crippen LogP contribution in [-0.2, 0) is 0 Å². The number of halogens is 1. The van der Waals surface area contributed by atoms with E-state index in [1.807, 2.05) is 6.07 Å². The van der Waals surface area contributed by atoms with Gasteiger partial charge in [0.2, 0.25) is 0 Å². The van der Waals surface area contributed by atoms with Crippen LogP contribution < -0.4 is 5.32 Å². The first-order valence-corrected chi connectivity index (χ1v) is 7.23. The van der Waals surface area contributed by atoms with Gasteiger partial charge < -0.3 is 5.32 Å². The zero-order chi connectivity index (χ0) is 14.0. The smallest absolute Gasteiger partial charge is 0.123 e. The standard InChI is InChI=1S/C16H25FN2/c1-11(2)16-9-18-12(3)10-19(16)13(4)14-6-5-7-15(17)8-14/h5-8,11-13,16,18H,9-10H2,1-4H3. The lowest BCUT2D eigenvalue weighted by Gasteiger charge is -2.45. The Hall–Kier alpha value is -0.930. The molecule has 1 fully saturated rings. The zero-order valence-electron chi connectivity index (χ0n) is 12.4. The molecule has 1 aromatic carbocycles. The van der Waals surface area contributed by atoms with E-state index in [-0.39, 0.29) is 11.9 Å². The fraction of sp³-hybridized carbons (Fsp3) is 0.625. The molecule has 0 saturated carbocycles. The maximum absolute atomic E-state index is 13.4. The second kappa shape index (κ2) is 6.02. The number of nitrogens with zero attached hydrogens (tertiary/aromatic N) is 1. The molecule has 1 heterocycles. The molecule has 1 aromatic rings. The number of nitrogens with one attached hydrogen (secondary N) is 1. The average Bonchev–Trinajstić information content (AvgIpc) is 2.37. The molecule has 1 N–H and O–H groups in total. The van der Waals surface area contributed by atoms with E-state index in [0.29, 0.717) is 18.0 Å². The monoisotopic (exact) mass is 264 g/mol. The van der Waals surface area contributed by atoms with Gasteiger partial charge >= 0.3 is 0 Å². The number of hydrogen-bond acceptors (Lipinski definition) is 2. The highest BCUT2D eigenvalue weighted by Gasteiger charge is 2.31. The van der Waals surface area contributed by atoms with Crippen molar-refractivity contribution in [1.29, 1.82) is 0 Å². The second-order valence-corrected chi connectivity index (χ2v) is 6.05. The molecule has 1 aliphatic rings. The largest absolute Gasteiger partial charge is 0.311 e. The SMILES string of the molecule is CC1CN(C(C)c2cccc(F)c2)C(C(C)C)CN1. The van der Waals surface area contributed by atoms with Crippen molar-refractivity contribution in [2.24, 2.45) is 5.92 Å². The average molecular weight is 264 g/mol. The third kappa shape index (κ3) is 3.34. The summed E-state index contributed by atoms with van der Waals surface area (Å²) in [5.41, 5.74) is 1.07. The molecule has 0 amide bonds. The summed E-state index contributed by atoms with van der Waals surface area (Å²) in [6, 6.07) is 8.26. The van der Waals surface area contributed by atoms with Gasteiger partial charge in [-0.05, 0) is 37.5 Å². The first-order chi connectivity index (χ1) is 8.99. The lowest BCUT2D eigenvalue weighted by Crippen LogP contribution is -2.57. The minimum absolute atomic E-state index is 0.145. The maximum atomic E-state index is 13.4. The quantitative estimate of drug-likeness (QED) is 0.902. The zero-order valence-corrected chi connectivity index (χ0v) is 12.4. The van der Waals surface area contributed by atoms with Gasteiger partial charge in [0.1, 0.15) is 5.82 Å². The van der Waals surface area contributed by atoms with Gasteiger partial charge in [0.25, 0.3) is 0 Å². The van der Waals surface area contributed by atoms with Gasteiger partial charge in [-0.1, -0.05) is 26.0 Å². The third-order valence-corrected chi connectivity index (χ3v) is 4.18. The van der Waals surface area contributed by atoms with E-state index in [1.165, 1.54) is 6.07 Å². The van der Waals surface area contributed by atoms with Crippen molar-refractivity contribution >= 4 is 0 Å². The summed E-state index contributed by atoms with van der Waals surface area (Å²) in [6.07, 6.45) is 0. The Kier molecular flexibility index (Phi) is 4.58. The molecule has 0 bridgehead atoms. The van der Waals surface area contributed by atoms with Crippen LogP contribution in [0.1, 0.15) is 39.3 Å². The molecule has 3 unspecified atom stereocenters. The molecule has 0 radical (unpaired) electrons. The first-order valence-electron chi connectivity index (χ1n) is 7.23. The maximum Gasteiger partial charge on any atom is 0.123 e. The molecular weight excluding hydrogens is 239 g/mol. The fourth-order valence-electron chi connectivity index (χ4n) is 2.98. The van der Waals surface area contributed by atoms with E-state index >= 15 is 0 Å². The summed E-state index contributed by atoms with van der Waals surface area (Å²) >= 11 is 0. The molecular formula is C16H25FN2. The molecule has 106 valence electrons. The minimum Gasteiger partial charge on any atom is -0.311 e. The molecule has 3 heteroatoms. The van der Waals surface area contributed by atoms with Crippen molar-refractivity contribution in [2.45, 2.75) is 45.8 Å². The van der Waals surface area contributed by atoms with E-state index in [2.05, 4.69) is 37.9 Å². The molecule has 1 aliphatic heterocycles. The Morgan fingerprint density at radius 3 is 2.68 bits per heavy atom. The summed E-state index contributed by atoms with van der Waals surface area (Å²) in [5.74, 6) is 0.449. The van der Waals surface area contributed by atoms with Crippen molar-refractivity contribution in [1.82, 2.24) is 10.2 Å². The molecule has 2 nitrogen and oxygen atoms in total. The summed E-state index contributed by atoms with van der Waals surface area (Å²) in [7, 11) is 0. The van der Waals surface area contributed by atoms with Crippen LogP contribution in [0.3, 0.4) is 0 Å². The fourth-order valence-corrected chi connectivity index (χ4v) is 2.98. The van der Waals surface area contributed by atoms with Crippen molar-refractivity contribution in [2.75, 3.05) is 13.1 Å². The van der Waals surface area contributed by atoms with Crippen molar-refractivity contribution in [3.05, 3.63) is 35.6 Å². The lowest BCUT2D eigenvalue weighted by atomic mass is 9.95. The normalized spacial score (nSPS) is 26.6. The first kappa shape index (κ1) is 14.5. The van der Waals surface area contributed by atoms with Crippen LogP contribution in [0.4, 0.5) is 4.39 Å². The van der Waals surface area contributed by atoms with Crippen LogP contribution in [0.2, 0.25) is 0 Å². The van der Waals surface area contributed by atoms with Crippen LogP contribution in [0, 0.1) is 11.7 Å². The summed E-state index contributed by atoms with van der Waals surface area (Å²) in [5, 5.41) is 3.55. The summed E-state index contributed by atoms with van der Waals surface area (Å²) in [4.78, 5) is 2.51. The van der Waals surface area contributed by atoms with Gasteiger partial charge in [0.15, 0.2) is 0 Å². The van der Waals surface area contributed by atoms with E-state index in [9.17, 15) is 4.39 Å². The van der Waals surface area contributed by atoms with E-state index < -0.39 is 0 Å². The van der Waals surface area contributed by atoms with Crippen molar-refractivity contribution in [3.8, 4) is 0 Å². The van der Waals surface area contributed by atoms with Gasteiger partial charge in [0, 0.05) is 31.2 Å². The Bertz CT molecular complexity index is 419. The molecule has 19 heavy (non-hydrogen) atoms. The van der Waals surface area contributed by atoms with E-state index in [4.69, 9.17) is 0 Å². The van der Waals surface area contributed by atoms with Crippen molar-refractivity contribution in [3.63, 3.8) is 0 Å². The molecule has 2 rings (SSSR count). The number of hydrogen-bond donors (Lipinski definition) is 1. The highest BCUT2D eigenvalue weighted by molar-refractivity contribution is 5.20. The predicted octanol–water partition coefficient (Wildman–Crippen LogP) is 3.21. The van der Waals surface area contributed by atoms with E-state index in [0.717, 1.165) is 18.7 Å². The number of piperazine rings is 1. The Labute approximate surface area is 116 Å². The molecule has 0 aliphatic carbocycles. The van der Waals surface area contributed by atoms with Gasteiger partial charge in [-0.2, -0.15) is 0 Å². The molecule has 3 atom stereocenters. The van der Waals surface area contributed by atoms with Crippen molar-refractivity contribution < 1.29 is 4.39 Å². The van der Waals surface area contributed by atoms with Gasteiger partial charge in [-0.15, -0.1) is 0 Å². The minimum atomic E-state index is -0.145. The van der Waals surface area contributed by atoms with Crippen LogP contribution in [-0.4, -0.2) is 30.1 Å². The second-order valence-electron chi connectivity index (χ2n) is 6.05. The van der Waals surface area contributed by atoms with Gasteiger partial charge in [0.05, 0.1) is 0 Å². The molecule has 0 aromatic heterocycles. The third-order valence-electron chi connectivity index (χ3n) is 4.18. The van der Waals surface area contributed by atoms with Gasteiger partial charge in [-0.3, -0.25) is 4.90 Å². The summed E-state index contributed by atoms with van der Waals surface area (Å²) in [6.45, 7) is 10.9. The van der Waals surface area contributed by atoms with E-state index in [1.54, 1.807) is 12.1 Å². The lowest BCUT2D eigenvalue weighted by molar-refractivity contribution is 0.0656. The Morgan fingerprint density at radius 1 is 1.32 bits per heavy atom. The summed E-state index contributed by atoms with van der Waals surface area (Å²) < 4.78 is 13.4. The Balaban J connectivity index is 2.21. The Morgan fingerprint density at radius 2 is 2.05 bits per heavy atom. The number of rotatable bonds is 3. The van der Waals surface area contributed by atoms with Gasteiger partial charge in [-0.25, -0.2) is 4.39 Å². The van der Waals surface area contributed by atoms with Crippen LogP contribution in [0.5, 0.6) is 0 Å². The van der Waals surface area contributed by atoms with Crippen LogP contribution in [0.15, 0.2) is 24.3 Å².